The summed E-state index contributed by atoms with van der Waals surface area (Å²) >= 11 is 0. The molecule has 2 saturated heterocycles. The molecule has 9 heteroatoms. The second kappa shape index (κ2) is 6.91. The summed E-state index contributed by atoms with van der Waals surface area (Å²) in [6.07, 6.45) is 3.50. The quantitative estimate of drug-likeness (QED) is 0.777. The number of fused-ring (bicyclic) bond motifs is 1. The molecular formula is C16H24N8O. The molecule has 1 amide bonds. The fourth-order valence-corrected chi connectivity index (χ4v) is 3.69. The van der Waals surface area contributed by atoms with E-state index in [-0.39, 0.29) is 5.91 Å². The molecule has 25 heavy (non-hydrogen) atoms. The molecule has 4 rings (SSSR count). The molecular weight excluding hydrogens is 320 g/mol. The van der Waals surface area contributed by atoms with Crippen LogP contribution >= 0.6 is 0 Å². The maximum Gasteiger partial charge on any atom is 0.236 e. The summed E-state index contributed by atoms with van der Waals surface area (Å²) in [5, 5.41) is 15.8. The monoisotopic (exact) mass is 344 g/mol. The first-order chi connectivity index (χ1) is 12.2. The number of tetrazole rings is 1. The SMILES string of the molecule is C[C@@H]1CCCCN1C(=O)CN1CCN(c2ccc3nnnn3n2)CC1. The highest BCUT2D eigenvalue weighted by Gasteiger charge is 2.26. The van der Waals surface area contributed by atoms with Crippen LogP contribution in [0.5, 0.6) is 0 Å². The summed E-state index contributed by atoms with van der Waals surface area (Å²) in [6.45, 7) is 7.03. The lowest BCUT2D eigenvalue weighted by Crippen LogP contribution is -2.52. The summed E-state index contributed by atoms with van der Waals surface area (Å²) in [6, 6.07) is 4.20. The number of hydrogen-bond acceptors (Lipinski definition) is 7. The van der Waals surface area contributed by atoms with Crippen LogP contribution in [0.15, 0.2) is 12.1 Å². The zero-order valence-corrected chi connectivity index (χ0v) is 14.6. The van der Waals surface area contributed by atoms with Gasteiger partial charge in [-0.2, -0.15) is 0 Å². The Morgan fingerprint density at radius 2 is 2.00 bits per heavy atom. The maximum absolute atomic E-state index is 12.6. The lowest BCUT2D eigenvalue weighted by atomic mass is 10.0. The molecule has 4 heterocycles. The number of rotatable bonds is 3. The van der Waals surface area contributed by atoms with Crippen LogP contribution in [0.2, 0.25) is 0 Å². The molecule has 2 aliphatic rings. The molecule has 1 atom stereocenters. The lowest BCUT2D eigenvalue weighted by molar-refractivity contribution is -0.135. The van der Waals surface area contributed by atoms with Crippen LogP contribution in [0.3, 0.4) is 0 Å². The van der Waals surface area contributed by atoms with Crippen LogP contribution in [0, 0.1) is 0 Å². The van der Waals surface area contributed by atoms with E-state index in [9.17, 15) is 4.79 Å². The van der Waals surface area contributed by atoms with Crippen LogP contribution in [-0.2, 0) is 4.79 Å². The van der Waals surface area contributed by atoms with Gasteiger partial charge in [0.15, 0.2) is 11.5 Å². The average molecular weight is 344 g/mol. The van der Waals surface area contributed by atoms with Crippen molar-refractivity contribution >= 4 is 17.4 Å². The summed E-state index contributed by atoms with van der Waals surface area (Å²) in [7, 11) is 0. The van der Waals surface area contributed by atoms with Gasteiger partial charge < -0.3 is 9.80 Å². The Balaban J connectivity index is 1.32. The number of carbonyl (C=O) groups is 1. The van der Waals surface area contributed by atoms with Gasteiger partial charge in [0.1, 0.15) is 0 Å². The van der Waals surface area contributed by atoms with Gasteiger partial charge in [0.25, 0.3) is 0 Å². The third kappa shape index (κ3) is 3.41. The largest absolute Gasteiger partial charge is 0.353 e. The molecule has 2 aliphatic heterocycles. The van der Waals surface area contributed by atoms with Gasteiger partial charge in [-0.3, -0.25) is 9.69 Å². The number of anilines is 1. The molecule has 0 spiro atoms. The third-order valence-corrected chi connectivity index (χ3v) is 5.23. The van der Waals surface area contributed by atoms with Crippen LogP contribution in [-0.4, -0.2) is 86.3 Å². The van der Waals surface area contributed by atoms with Crippen molar-refractivity contribution in [2.24, 2.45) is 0 Å². The third-order valence-electron chi connectivity index (χ3n) is 5.23. The Labute approximate surface area is 146 Å². The second-order valence-corrected chi connectivity index (χ2v) is 6.91. The number of hydrogen-bond donors (Lipinski definition) is 0. The molecule has 0 aromatic carbocycles. The first-order valence-corrected chi connectivity index (χ1v) is 9.03. The standard InChI is InChI=1S/C16H24N8O/c1-13-4-2-3-7-23(13)16(25)12-21-8-10-22(11-9-21)15-6-5-14-17-19-20-24(14)18-15/h5-6,13H,2-4,7-12H2,1H3/t13-/m1/s1. The fraction of sp³-hybridized carbons (Fsp3) is 0.688. The van der Waals surface area contributed by atoms with E-state index in [1.54, 1.807) is 0 Å². The first-order valence-electron chi connectivity index (χ1n) is 9.03. The van der Waals surface area contributed by atoms with Gasteiger partial charge in [-0.1, -0.05) is 0 Å². The van der Waals surface area contributed by atoms with Crippen molar-refractivity contribution in [3.8, 4) is 0 Å². The van der Waals surface area contributed by atoms with Crippen molar-refractivity contribution in [3.63, 3.8) is 0 Å². The molecule has 134 valence electrons. The summed E-state index contributed by atoms with van der Waals surface area (Å²) in [4.78, 5) is 19.1. The Morgan fingerprint density at radius 1 is 1.16 bits per heavy atom. The van der Waals surface area contributed by atoms with E-state index < -0.39 is 0 Å². The Kier molecular flexibility index (Phi) is 4.48. The summed E-state index contributed by atoms with van der Waals surface area (Å²) in [5.74, 6) is 1.14. The number of nitrogens with zero attached hydrogens (tertiary/aromatic N) is 8. The Hall–Kier alpha value is -2.29. The van der Waals surface area contributed by atoms with Gasteiger partial charge in [0.2, 0.25) is 5.91 Å². The smallest absolute Gasteiger partial charge is 0.236 e. The zero-order valence-electron chi connectivity index (χ0n) is 14.6. The van der Waals surface area contributed by atoms with Crippen molar-refractivity contribution in [1.82, 2.24) is 35.1 Å². The molecule has 0 N–H and O–H groups in total. The minimum atomic E-state index is 0.272. The van der Waals surface area contributed by atoms with Crippen LogP contribution in [0.25, 0.3) is 5.65 Å². The van der Waals surface area contributed by atoms with Crippen LogP contribution < -0.4 is 4.90 Å². The first kappa shape index (κ1) is 16.2. The number of carbonyl (C=O) groups excluding carboxylic acids is 1. The highest BCUT2D eigenvalue weighted by Crippen LogP contribution is 2.18. The predicted molar refractivity (Wildman–Crippen MR) is 92.3 cm³/mol. The van der Waals surface area contributed by atoms with Crippen molar-refractivity contribution < 1.29 is 4.79 Å². The summed E-state index contributed by atoms with van der Waals surface area (Å²) in [5.41, 5.74) is 0.642. The van der Waals surface area contributed by atoms with E-state index in [1.807, 2.05) is 12.1 Å². The van der Waals surface area contributed by atoms with E-state index in [4.69, 9.17) is 0 Å². The van der Waals surface area contributed by atoms with Gasteiger partial charge in [-0.15, -0.1) is 14.8 Å². The van der Waals surface area contributed by atoms with Crippen molar-refractivity contribution in [1.29, 1.82) is 0 Å². The highest BCUT2D eigenvalue weighted by atomic mass is 16.2. The molecule has 2 aromatic rings. The topological polar surface area (TPSA) is 82.8 Å². The minimum absolute atomic E-state index is 0.272. The van der Waals surface area contributed by atoms with E-state index in [1.165, 1.54) is 11.1 Å². The van der Waals surface area contributed by atoms with Crippen LogP contribution in [0.1, 0.15) is 26.2 Å². The highest BCUT2D eigenvalue weighted by molar-refractivity contribution is 5.78. The molecule has 0 aliphatic carbocycles. The normalized spacial score (nSPS) is 22.5. The Morgan fingerprint density at radius 3 is 2.80 bits per heavy atom. The van der Waals surface area contributed by atoms with Crippen molar-refractivity contribution in [2.45, 2.75) is 32.2 Å². The fourth-order valence-electron chi connectivity index (χ4n) is 3.69. The number of likely N-dealkylation sites (tertiary alicyclic amines) is 1. The molecule has 0 saturated carbocycles. The van der Waals surface area contributed by atoms with Crippen LogP contribution in [0.4, 0.5) is 5.82 Å². The van der Waals surface area contributed by atoms with E-state index >= 15 is 0 Å². The minimum Gasteiger partial charge on any atom is -0.353 e. The number of piperazine rings is 1. The van der Waals surface area contributed by atoms with E-state index in [0.717, 1.165) is 51.4 Å². The van der Waals surface area contributed by atoms with Gasteiger partial charge in [-0.05, 0) is 48.7 Å². The van der Waals surface area contributed by atoms with Gasteiger partial charge >= 0.3 is 0 Å². The molecule has 9 nitrogen and oxygen atoms in total. The number of piperidine rings is 1. The summed E-state index contributed by atoms with van der Waals surface area (Å²) < 4.78 is 1.45. The van der Waals surface area contributed by atoms with Crippen molar-refractivity contribution in [2.75, 3.05) is 44.2 Å². The van der Waals surface area contributed by atoms with Gasteiger partial charge in [-0.25, -0.2) is 0 Å². The molecule has 0 bridgehead atoms. The van der Waals surface area contributed by atoms with Gasteiger partial charge in [0.05, 0.1) is 6.54 Å². The lowest BCUT2D eigenvalue weighted by Gasteiger charge is -2.38. The number of amides is 1. The van der Waals surface area contributed by atoms with E-state index in [2.05, 4.69) is 42.2 Å². The van der Waals surface area contributed by atoms with Crippen molar-refractivity contribution in [3.05, 3.63) is 12.1 Å². The second-order valence-electron chi connectivity index (χ2n) is 6.91. The molecule has 2 fully saturated rings. The van der Waals surface area contributed by atoms with Gasteiger partial charge in [0, 0.05) is 38.8 Å². The average Bonchev–Trinajstić information content (AvgIpc) is 3.10. The van der Waals surface area contributed by atoms with E-state index in [0.29, 0.717) is 18.2 Å². The number of aromatic nitrogens is 5. The predicted octanol–water partition coefficient (Wildman–Crippen LogP) is 0.0423. The maximum atomic E-state index is 12.6. The molecule has 0 unspecified atom stereocenters. The molecule has 0 radical (unpaired) electrons. The Bertz CT molecular complexity index is 739. The molecule has 2 aromatic heterocycles. The zero-order chi connectivity index (χ0) is 17.2.